The van der Waals surface area contributed by atoms with Gasteiger partial charge in [0.25, 0.3) is 5.56 Å². The lowest BCUT2D eigenvalue weighted by molar-refractivity contribution is 0.324. The Balaban J connectivity index is 1.55. The summed E-state index contributed by atoms with van der Waals surface area (Å²) in [7, 11) is 4.62. The maximum Gasteiger partial charge on any atom is 0.291 e. The summed E-state index contributed by atoms with van der Waals surface area (Å²) >= 11 is 1.28. The van der Waals surface area contributed by atoms with Gasteiger partial charge in [0.15, 0.2) is 17.3 Å². The number of fused-ring (bicyclic) bond motifs is 2. The fourth-order valence-corrected chi connectivity index (χ4v) is 4.47. The molecule has 9 heteroatoms. The third kappa shape index (κ3) is 3.36. The third-order valence-electron chi connectivity index (χ3n) is 5.08. The zero-order valence-electron chi connectivity index (χ0n) is 17.6. The second-order valence-corrected chi connectivity index (χ2v) is 8.01. The molecular formula is C23H19N3O5S. The lowest BCUT2D eigenvalue weighted by atomic mass is 10.1. The Kier molecular flexibility index (Phi) is 5.02. The van der Waals surface area contributed by atoms with E-state index < -0.39 is 0 Å². The molecule has 0 bridgehead atoms. The molecule has 3 heterocycles. The molecule has 0 fully saturated rings. The number of hydrogen-bond acceptors (Lipinski definition) is 8. The summed E-state index contributed by atoms with van der Waals surface area (Å²) < 4.78 is 23.8. The minimum absolute atomic E-state index is 0.226. The lowest BCUT2D eigenvalue weighted by Crippen LogP contribution is -2.24. The molecule has 0 unspecified atom stereocenters. The number of rotatable bonds is 5. The van der Waals surface area contributed by atoms with Crippen LogP contribution in [0.25, 0.3) is 28.5 Å². The van der Waals surface area contributed by atoms with Crippen LogP contribution in [0.5, 0.6) is 23.0 Å². The first kappa shape index (κ1) is 20.1. The highest BCUT2D eigenvalue weighted by molar-refractivity contribution is 7.15. The first-order chi connectivity index (χ1) is 15.6. The quantitative estimate of drug-likeness (QED) is 0.463. The van der Waals surface area contributed by atoms with Gasteiger partial charge in [-0.25, -0.2) is 0 Å². The van der Waals surface area contributed by atoms with Crippen molar-refractivity contribution in [3.63, 3.8) is 0 Å². The van der Waals surface area contributed by atoms with E-state index in [1.807, 2.05) is 36.4 Å². The average Bonchev–Trinajstić information content (AvgIpc) is 3.37. The van der Waals surface area contributed by atoms with Crippen molar-refractivity contribution in [1.29, 1.82) is 0 Å². The summed E-state index contributed by atoms with van der Waals surface area (Å²) in [6.45, 7) is 0.404. The summed E-state index contributed by atoms with van der Waals surface area (Å²) in [5.41, 5.74) is 2.33. The summed E-state index contributed by atoms with van der Waals surface area (Å²) in [6, 6.07) is 11.3. The molecule has 1 aliphatic rings. The SMILES string of the molecule is COc1cc(-c2nc3s/c(=C/C4=Cc5ccccc5OC4)c(=O)n3n2)cc(OC)c1OC. The first-order valence-electron chi connectivity index (χ1n) is 9.75. The molecule has 0 saturated carbocycles. The molecule has 2 aromatic carbocycles. The molecule has 0 radical (unpaired) electrons. The summed E-state index contributed by atoms with van der Waals surface area (Å²) in [5, 5.41) is 4.42. The molecular weight excluding hydrogens is 430 g/mol. The maximum atomic E-state index is 12.9. The van der Waals surface area contributed by atoms with E-state index in [0.29, 0.717) is 44.7 Å². The minimum atomic E-state index is -0.226. The van der Waals surface area contributed by atoms with E-state index in [2.05, 4.69) is 10.1 Å². The number of aromatic nitrogens is 3. The van der Waals surface area contributed by atoms with Crippen LogP contribution >= 0.6 is 11.3 Å². The van der Waals surface area contributed by atoms with Crippen LogP contribution in [-0.4, -0.2) is 42.5 Å². The summed E-state index contributed by atoms with van der Waals surface area (Å²) in [6.07, 6.45) is 3.86. The van der Waals surface area contributed by atoms with Crippen molar-refractivity contribution in [2.24, 2.45) is 0 Å². The Morgan fingerprint density at radius 1 is 1.09 bits per heavy atom. The molecule has 32 heavy (non-hydrogen) atoms. The predicted octanol–water partition coefficient (Wildman–Crippen LogP) is 2.82. The summed E-state index contributed by atoms with van der Waals surface area (Å²) in [4.78, 5) is 18.0. The number of benzene rings is 2. The molecule has 162 valence electrons. The Labute approximate surface area is 186 Å². The molecule has 2 aromatic heterocycles. The van der Waals surface area contributed by atoms with E-state index in [1.165, 1.54) is 23.0 Å². The zero-order valence-corrected chi connectivity index (χ0v) is 18.4. The van der Waals surface area contributed by atoms with Gasteiger partial charge in [-0.2, -0.15) is 9.50 Å². The van der Waals surface area contributed by atoms with E-state index in [9.17, 15) is 4.79 Å². The van der Waals surface area contributed by atoms with Crippen LogP contribution in [0.2, 0.25) is 0 Å². The molecule has 0 amide bonds. The highest BCUT2D eigenvalue weighted by atomic mass is 32.1. The Morgan fingerprint density at radius 2 is 1.84 bits per heavy atom. The normalized spacial score (nSPS) is 13.5. The lowest BCUT2D eigenvalue weighted by Gasteiger charge is -2.15. The van der Waals surface area contributed by atoms with Crippen LogP contribution in [0.3, 0.4) is 0 Å². The van der Waals surface area contributed by atoms with Crippen molar-refractivity contribution in [2.75, 3.05) is 27.9 Å². The summed E-state index contributed by atoms with van der Waals surface area (Å²) in [5.74, 6) is 2.69. The molecule has 0 spiro atoms. The molecule has 8 nitrogen and oxygen atoms in total. The number of thiazole rings is 1. The predicted molar refractivity (Wildman–Crippen MR) is 122 cm³/mol. The Hall–Kier alpha value is -3.85. The van der Waals surface area contributed by atoms with Gasteiger partial charge in [0.1, 0.15) is 12.4 Å². The second kappa shape index (κ2) is 8.01. The molecule has 0 atom stereocenters. The first-order valence-corrected chi connectivity index (χ1v) is 10.6. The van der Waals surface area contributed by atoms with Crippen molar-refractivity contribution in [2.45, 2.75) is 0 Å². The van der Waals surface area contributed by atoms with Gasteiger partial charge >= 0.3 is 0 Å². The van der Waals surface area contributed by atoms with Crippen LogP contribution in [-0.2, 0) is 0 Å². The largest absolute Gasteiger partial charge is 0.493 e. The van der Waals surface area contributed by atoms with Crippen molar-refractivity contribution >= 4 is 28.4 Å². The van der Waals surface area contributed by atoms with Crippen LogP contribution < -0.4 is 29.0 Å². The standard InChI is InChI=1S/C23H19N3O5S/c1-28-17-10-15(11-18(29-2)20(17)30-3)21-24-23-26(25-21)22(27)19(32-23)9-13-8-14-6-4-5-7-16(14)31-12-13/h4-11H,12H2,1-3H3/b19-9+. The second-order valence-electron chi connectivity index (χ2n) is 7.01. The number of hydrogen-bond donors (Lipinski definition) is 0. The Bertz CT molecular complexity index is 1450. The molecule has 0 saturated heterocycles. The van der Waals surface area contributed by atoms with Crippen molar-refractivity contribution in [3.8, 4) is 34.4 Å². The van der Waals surface area contributed by atoms with E-state index in [-0.39, 0.29) is 5.56 Å². The van der Waals surface area contributed by atoms with Crippen molar-refractivity contribution < 1.29 is 18.9 Å². The van der Waals surface area contributed by atoms with Crippen LogP contribution in [0.4, 0.5) is 0 Å². The fourth-order valence-electron chi connectivity index (χ4n) is 3.55. The van der Waals surface area contributed by atoms with Gasteiger partial charge in [-0.1, -0.05) is 29.5 Å². The van der Waals surface area contributed by atoms with Gasteiger partial charge in [0, 0.05) is 11.1 Å². The smallest absolute Gasteiger partial charge is 0.291 e. The number of methoxy groups -OCH3 is 3. The Morgan fingerprint density at radius 3 is 2.53 bits per heavy atom. The number of ether oxygens (including phenoxy) is 4. The van der Waals surface area contributed by atoms with Gasteiger partial charge in [-0.15, -0.1) is 5.10 Å². The highest BCUT2D eigenvalue weighted by Gasteiger charge is 2.18. The van der Waals surface area contributed by atoms with Crippen molar-refractivity contribution in [3.05, 3.63) is 62.4 Å². The minimum Gasteiger partial charge on any atom is -0.493 e. The molecule has 0 aliphatic carbocycles. The van der Waals surface area contributed by atoms with Crippen LogP contribution in [0.1, 0.15) is 5.56 Å². The maximum absolute atomic E-state index is 12.9. The number of nitrogens with zero attached hydrogens (tertiary/aromatic N) is 3. The van der Waals surface area contributed by atoms with E-state index in [0.717, 1.165) is 16.9 Å². The average molecular weight is 449 g/mol. The van der Waals surface area contributed by atoms with Gasteiger partial charge < -0.3 is 18.9 Å². The molecule has 4 aromatic rings. The fraction of sp³-hybridized carbons (Fsp3) is 0.174. The molecule has 5 rings (SSSR count). The highest BCUT2D eigenvalue weighted by Crippen LogP contribution is 2.40. The van der Waals surface area contributed by atoms with Crippen LogP contribution in [0.15, 0.2) is 46.8 Å². The van der Waals surface area contributed by atoms with Gasteiger partial charge in [0.2, 0.25) is 10.7 Å². The number of para-hydroxylation sites is 1. The van der Waals surface area contributed by atoms with Gasteiger partial charge in [-0.05, 0) is 35.9 Å². The van der Waals surface area contributed by atoms with E-state index in [4.69, 9.17) is 18.9 Å². The zero-order chi connectivity index (χ0) is 22.2. The van der Waals surface area contributed by atoms with Crippen molar-refractivity contribution in [1.82, 2.24) is 14.6 Å². The van der Waals surface area contributed by atoms with E-state index >= 15 is 0 Å². The third-order valence-corrected chi connectivity index (χ3v) is 6.03. The van der Waals surface area contributed by atoms with E-state index in [1.54, 1.807) is 26.4 Å². The van der Waals surface area contributed by atoms with Gasteiger partial charge in [0.05, 0.1) is 25.9 Å². The molecule has 1 aliphatic heterocycles. The van der Waals surface area contributed by atoms with Gasteiger partial charge in [-0.3, -0.25) is 4.79 Å². The monoisotopic (exact) mass is 449 g/mol. The topological polar surface area (TPSA) is 84.2 Å². The molecule has 0 N–H and O–H groups in total. The van der Waals surface area contributed by atoms with Crippen LogP contribution in [0, 0.1) is 0 Å².